The standard InChI is InChI=1S/C13H18ClN3O/c1-8-9(5-6-14)12(18)17-11(15-8)7-10(16-17)13(2,3)4/h7,16H,5-6H2,1-4H3. The van der Waals surface area contributed by atoms with E-state index in [0.717, 1.165) is 11.4 Å². The number of hydrogen-bond acceptors (Lipinski definition) is 2. The number of nitrogens with zero attached hydrogens (tertiary/aromatic N) is 2. The zero-order chi connectivity index (χ0) is 13.5. The summed E-state index contributed by atoms with van der Waals surface area (Å²) in [5.41, 5.74) is 3.02. The predicted molar refractivity (Wildman–Crippen MR) is 73.7 cm³/mol. The summed E-state index contributed by atoms with van der Waals surface area (Å²) in [5.74, 6) is 0.427. The third-order valence-electron chi connectivity index (χ3n) is 3.07. The average Bonchev–Trinajstić information content (AvgIpc) is 2.67. The molecule has 0 fully saturated rings. The lowest BCUT2D eigenvalue weighted by Crippen LogP contribution is -2.23. The lowest BCUT2D eigenvalue weighted by molar-refractivity contribution is 0.561. The number of halogens is 1. The highest BCUT2D eigenvalue weighted by atomic mass is 35.5. The number of H-pyrrole nitrogens is 1. The number of aryl methyl sites for hydroxylation is 1. The number of fused-ring (bicyclic) bond motifs is 1. The fourth-order valence-electron chi connectivity index (χ4n) is 1.94. The van der Waals surface area contributed by atoms with E-state index in [4.69, 9.17) is 11.6 Å². The smallest absolute Gasteiger partial charge is 0.276 e. The van der Waals surface area contributed by atoms with Gasteiger partial charge in [-0.3, -0.25) is 9.89 Å². The van der Waals surface area contributed by atoms with Crippen molar-refractivity contribution in [2.75, 3.05) is 5.88 Å². The van der Waals surface area contributed by atoms with Crippen LogP contribution in [-0.4, -0.2) is 20.5 Å². The summed E-state index contributed by atoms with van der Waals surface area (Å²) in [6, 6.07) is 1.93. The highest BCUT2D eigenvalue weighted by molar-refractivity contribution is 6.17. The molecule has 0 unspecified atom stereocenters. The largest absolute Gasteiger partial charge is 0.293 e. The van der Waals surface area contributed by atoms with Gasteiger partial charge < -0.3 is 0 Å². The fourth-order valence-corrected chi connectivity index (χ4v) is 2.13. The van der Waals surface area contributed by atoms with Gasteiger partial charge in [-0.2, -0.15) is 0 Å². The van der Waals surface area contributed by atoms with Gasteiger partial charge in [-0.15, -0.1) is 11.6 Å². The van der Waals surface area contributed by atoms with Gasteiger partial charge in [0.05, 0.1) is 0 Å². The van der Waals surface area contributed by atoms with Crippen molar-refractivity contribution >= 4 is 17.2 Å². The Balaban J connectivity index is 2.71. The topological polar surface area (TPSA) is 50.2 Å². The Morgan fingerprint density at radius 1 is 1.44 bits per heavy atom. The first kappa shape index (κ1) is 13.1. The first-order valence-electron chi connectivity index (χ1n) is 6.02. The quantitative estimate of drug-likeness (QED) is 0.850. The van der Waals surface area contributed by atoms with Gasteiger partial charge in [0.25, 0.3) is 5.56 Å². The van der Waals surface area contributed by atoms with Gasteiger partial charge in [-0.1, -0.05) is 20.8 Å². The van der Waals surface area contributed by atoms with E-state index in [-0.39, 0.29) is 11.0 Å². The van der Waals surface area contributed by atoms with Crippen LogP contribution in [0.15, 0.2) is 10.9 Å². The first-order valence-corrected chi connectivity index (χ1v) is 6.55. The van der Waals surface area contributed by atoms with Crippen LogP contribution < -0.4 is 5.56 Å². The third kappa shape index (κ3) is 2.17. The molecule has 0 saturated carbocycles. The monoisotopic (exact) mass is 267 g/mol. The third-order valence-corrected chi connectivity index (χ3v) is 3.26. The van der Waals surface area contributed by atoms with E-state index in [1.165, 1.54) is 4.52 Å². The molecule has 2 aromatic heterocycles. The van der Waals surface area contributed by atoms with Crippen LogP contribution in [0, 0.1) is 6.92 Å². The number of aromatic amines is 1. The highest BCUT2D eigenvalue weighted by Crippen LogP contribution is 2.21. The minimum Gasteiger partial charge on any atom is -0.293 e. The van der Waals surface area contributed by atoms with Crippen molar-refractivity contribution in [3.8, 4) is 0 Å². The summed E-state index contributed by atoms with van der Waals surface area (Å²) < 4.78 is 1.51. The van der Waals surface area contributed by atoms with Crippen molar-refractivity contribution in [1.29, 1.82) is 0 Å². The molecule has 98 valence electrons. The molecule has 5 heteroatoms. The van der Waals surface area contributed by atoms with Crippen LogP contribution in [0.3, 0.4) is 0 Å². The maximum atomic E-state index is 12.3. The van der Waals surface area contributed by atoms with Gasteiger partial charge in [0.1, 0.15) is 0 Å². The highest BCUT2D eigenvalue weighted by Gasteiger charge is 2.19. The number of nitrogens with one attached hydrogen (secondary N) is 1. The van der Waals surface area contributed by atoms with E-state index in [1.807, 2.05) is 13.0 Å². The molecule has 0 aliphatic rings. The lowest BCUT2D eigenvalue weighted by Gasteiger charge is -2.14. The lowest BCUT2D eigenvalue weighted by atomic mass is 9.93. The van der Waals surface area contributed by atoms with Crippen molar-refractivity contribution in [3.63, 3.8) is 0 Å². The van der Waals surface area contributed by atoms with Crippen molar-refractivity contribution in [2.45, 2.75) is 39.5 Å². The number of aromatic nitrogens is 3. The molecule has 0 atom stereocenters. The average molecular weight is 268 g/mol. The number of hydrogen-bond donors (Lipinski definition) is 1. The van der Waals surface area contributed by atoms with Crippen LogP contribution in [0.5, 0.6) is 0 Å². The summed E-state index contributed by atoms with van der Waals surface area (Å²) in [5, 5.41) is 3.13. The molecule has 4 nitrogen and oxygen atoms in total. The zero-order valence-corrected chi connectivity index (χ0v) is 11.9. The number of alkyl halides is 1. The molecule has 0 bridgehead atoms. The van der Waals surface area contributed by atoms with Crippen molar-refractivity contribution < 1.29 is 0 Å². The number of rotatable bonds is 2. The molecule has 18 heavy (non-hydrogen) atoms. The van der Waals surface area contributed by atoms with Gasteiger partial charge in [-0.25, -0.2) is 9.50 Å². The molecule has 0 saturated heterocycles. The van der Waals surface area contributed by atoms with Gasteiger partial charge in [-0.05, 0) is 13.3 Å². The molecule has 1 N–H and O–H groups in total. The Kier molecular flexibility index (Phi) is 3.23. The van der Waals surface area contributed by atoms with E-state index >= 15 is 0 Å². The Morgan fingerprint density at radius 3 is 2.67 bits per heavy atom. The molecule has 0 aromatic carbocycles. The van der Waals surface area contributed by atoms with E-state index in [1.54, 1.807) is 0 Å². The van der Waals surface area contributed by atoms with E-state index in [0.29, 0.717) is 23.5 Å². The minimum atomic E-state index is -0.0475. The van der Waals surface area contributed by atoms with Crippen LogP contribution in [0.2, 0.25) is 0 Å². The molecular weight excluding hydrogens is 250 g/mol. The van der Waals surface area contributed by atoms with Crippen LogP contribution in [0.4, 0.5) is 0 Å². The molecule has 0 aliphatic carbocycles. The van der Waals surface area contributed by atoms with Crippen LogP contribution >= 0.6 is 11.6 Å². The summed E-state index contributed by atoms with van der Waals surface area (Å²) in [6.45, 7) is 8.13. The predicted octanol–water partition coefficient (Wildman–Crippen LogP) is 2.41. The Labute approximate surface area is 111 Å². The SMILES string of the molecule is Cc1nc2cc(C(C)(C)C)[nH]n2c(=O)c1CCCl. The van der Waals surface area contributed by atoms with Crippen LogP contribution in [-0.2, 0) is 11.8 Å². The summed E-state index contributed by atoms with van der Waals surface area (Å²) in [7, 11) is 0. The van der Waals surface area contributed by atoms with Gasteiger partial charge in [0.2, 0.25) is 0 Å². The summed E-state index contributed by atoms with van der Waals surface area (Å²) in [6.07, 6.45) is 0.548. The van der Waals surface area contributed by atoms with Crippen molar-refractivity contribution in [2.24, 2.45) is 0 Å². The van der Waals surface area contributed by atoms with Crippen molar-refractivity contribution in [1.82, 2.24) is 14.6 Å². The Bertz CT molecular complexity index is 634. The molecular formula is C13H18ClN3O. The fraction of sp³-hybridized carbons (Fsp3) is 0.538. The van der Waals surface area contributed by atoms with Gasteiger partial charge in [0, 0.05) is 34.3 Å². The second-order valence-corrected chi connectivity index (χ2v) is 5.91. The van der Waals surface area contributed by atoms with E-state index in [2.05, 4.69) is 30.9 Å². The Hall–Kier alpha value is -1.29. The van der Waals surface area contributed by atoms with Gasteiger partial charge >= 0.3 is 0 Å². The summed E-state index contributed by atoms with van der Waals surface area (Å²) in [4.78, 5) is 16.8. The first-order chi connectivity index (χ1) is 8.34. The molecule has 2 heterocycles. The second kappa shape index (κ2) is 4.43. The van der Waals surface area contributed by atoms with Crippen LogP contribution in [0.25, 0.3) is 5.65 Å². The molecule has 0 radical (unpaired) electrons. The van der Waals surface area contributed by atoms with E-state index in [9.17, 15) is 4.79 Å². The summed E-state index contributed by atoms with van der Waals surface area (Å²) >= 11 is 5.72. The molecule has 2 rings (SSSR count). The van der Waals surface area contributed by atoms with Crippen molar-refractivity contribution in [3.05, 3.63) is 33.4 Å². The molecule has 0 amide bonds. The zero-order valence-electron chi connectivity index (χ0n) is 11.2. The van der Waals surface area contributed by atoms with E-state index < -0.39 is 0 Å². The maximum absolute atomic E-state index is 12.3. The molecule has 0 spiro atoms. The Morgan fingerprint density at radius 2 is 2.11 bits per heavy atom. The minimum absolute atomic E-state index is 0.0410. The molecule has 2 aromatic rings. The second-order valence-electron chi connectivity index (χ2n) is 5.53. The maximum Gasteiger partial charge on any atom is 0.276 e. The normalized spacial score (nSPS) is 12.3. The molecule has 0 aliphatic heterocycles. The van der Waals surface area contributed by atoms with Gasteiger partial charge in [0.15, 0.2) is 5.65 Å². The van der Waals surface area contributed by atoms with Crippen LogP contribution in [0.1, 0.15) is 37.7 Å².